The van der Waals surface area contributed by atoms with Crippen LogP contribution in [0.25, 0.3) is 0 Å². The van der Waals surface area contributed by atoms with Gasteiger partial charge in [0.1, 0.15) is 5.54 Å². The molecule has 0 saturated heterocycles. The standard InChI is InChI=1S/C13H16F2N2OS/c1-13(12(16)18,17-8-2-3-8)7-19-9-4-5-10(14)11(15)6-9/h4-6,8,17H,2-3,7H2,1H3,(H2,16,18). The van der Waals surface area contributed by atoms with E-state index >= 15 is 0 Å². The summed E-state index contributed by atoms with van der Waals surface area (Å²) in [6.07, 6.45) is 2.08. The van der Waals surface area contributed by atoms with E-state index in [1.54, 1.807) is 6.92 Å². The van der Waals surface area contributed by atoms with E-state index < -0.39 is 23.1 Å². The molecule has 0 heterocycles. The van der Waals surface area contributed by atoms with Gasteiger partial charge in [0, 0.05) is 16.7 Å². The zero-order valence-corrected chi connectivity index (χ0v) is 11.4. The lowest BCUT2D eigenvalue weighted by Gasteiger charge is -2.27. The lowest BCUT2D eigenvalue weighted by atomic mass is 10.1. The highest BCUT2D eigenvalue weighted by Gasteiger charge is 2.37. The molecule has 104 valence electrons. The fourth-order valence-electron chi connectivity index (χ4n) is 1.66. The summed E-state index contributed by atoms with van der Waals surface area (Å²) in [4.78, 5) is 12.1. The monoisotopic (exact) mass is 286 g/mol. The van der Waals surface area contributed by atoms with Gasteiger partial charge in [-0.1, -0.05) is 0 Å². The molecule has 1 atom stereocenters. The zero-order valence-electron chi connectivity index (χ0n) is 10.6. The van der Waals surface area contributed by atoms with Crippen LogP contribution < -0.4 is 11.1 Å². The van der Waals surface area contributed by atoms with Gasteiger partial charge in [0.25, 0.3) is 0 Å². The maximum atomic E-state index is 13.1. The first-order valence-electron chi connectivity index (χ1n) is 6.06. The molecule has 0 aromatic heterocycles. The number of hydrogen-bond acceptors (Lipinski definition) is 3. The number of carbonyl (C=O) groups excluding carboxylic acids is 1. The predicted octanol–water partition coefficient (Wildman–Crippen LogP) is 2.05. The molecule has 3 N–H and O–H groups in total. The average molecular weight is 286 g/mol. The van der Waals surface area contributed by atoms with Crippen LogP contribution in [0.5, 0.6) is 0 Å². The van der Waals surface area contributed by atoms with Crippen LogP contribution in [0.1, 0.15) is 19.8 Å². The number of hydrogen-bond donors (Lipinski definition) is 2. The molecule has 19 heavy (non-hydrogen) atoms. The fraction of sp³-hybridized carbons (Fsp3) is 0.462. The molecule has 1 amide bonds. The van der Waals surface area contributed by atoms with Gasteiger partial charge in [-0.15, -0.1) is 11.8 Å². The van der Waals surface area contributed by atoms with Crippen molar-refractivity contribution in [3.63, 3.8) is 0 Å². The first-order chi connectivity index (χ1) is 8.90. The van der Waals surface area contributed by atoms with Crippen LogP contribution in [-0.4, -0.2) is 23.2 Å². The number of benzene rings is 1. The van der Waals surface area contributed by atoms with E-state index in [1.165, 1.54) is 17.8 Å². The molecule has 1 fully saturated rings. The summed E-state index contributed by atoms with van der Waals surface area (Å²) < 4.78 is 25.9. The molecule has 3 nitrogen and oxygen atoms in total. The summed E-state index contributed by atoms with van der Waals surface area (Å²) in [5.74, 6) is -1.82. The van der Waals surface area contributed by atoms with Crippen molar-refractivity contribution in [2.75, 3.05) is 5.75 Å². The number of thioether (sulfide) groups is 1. The molecule has 0 radical (unpaired) electrons. The van der Waals surface area contributed by atoms with Crippen LogP contribution in [-0.2, 0) is 4.79 Å². The second-order valence-electron chi connectivity index (χ2n) is 4.98. The number of amides is 1. The molecule has 0 bridgehead atoms. The Balaban J connectivity index is 2.01. The molecule has 6 heteroatoms. The normalized spacial score (nSPS) is 18.1. The maximum absolute atomic E-state index is 13.1. The van der Waals surface area contributed by atoms with Crippen molar-refractivity contribution >= 4 is 17.7 Å². The Hall–Kier alpha value is -1.14. The third kappa shape index (κ3) is 3.67. The minimum absolute atomic E-state index is 0.336. The second kappa shape index (κ2) is 5.46. The van der Waals surface area contributed by atoms with Crippen molar-refractivity contribution in [1.29, 1.82) is 0 Å². The molecular formula is C13H16F2N2OS. The van der Waals surface area contributed by atoms with Crippen molar-refractivity contribution in [2.24, 2.45) is 5.73 Å². The zero-order chi connectivity index (χ0) is 14.0. The molecule has 0 spiro atoms. The number of halogens is 2. The smallest absolute Gasteiger partial charge is 0.238 e. The largest absolute Gasteiger partial charge is 0.368 e. The van der Waals surface area contributed by atoms with Gasteiger partial charge in [0.05, 0.1) is 0 Å². The molecular weight excluding hydrogens is 270 g/mol. The van der Waals surface area contributed by atoms with Crippen LogP contribution in [0.15, 0.2) is 23.1 Å². The van der Waals surface area contributed by atoms with Crippen LogP contribution in [0.4, 0.5) is 8.78 Å². The van der Waals surface area contributed by atoms with Crippen LogP contribution in [0.3, 0.4) is 0 Å². The lowest BCUT2D eigenvalue weighted by Crippen LogP contribution is -2.55. The molecule has 1 aliphatic carbocycles. The molecule has 2 rings (SSSR count). The Bertz CT molecular complexity index is 494. The molecule has 1 aromatic rings. The number of nitrogens with one attached hydrogen (secondary N) is 1. The molecule has 0 aliphatic heterocycles. The molecule has 1 aliphatic rings. The Morgan fingerprint density at radius 2 is 2.16 bits per heavy atom. The highest BCUT2D eigenvalue weighted by Crippen LogP contribution is 2.28. The third-order valence-electron chi connectivity index (χ3n) is 3.06. The minimum atomic E-state index is -0.888. The quantitative estimate of drug-likeness (QED) is 0.787. The number of carbonyl (C=O) groups is 1. The first kappa shape index (κ1) is 14.3. The second-order valence-corrected chi connectivity index (χ2v) is 6.03. The topological polar surface area (TPSA) is 55.1 Å². The summed E-state index contributed by atoms with van der Waals surface area (Å²) in [6.45, 7) is 1.74. The van der Waals surface area contributed by atoms with Gasteiger partial charge in [0.15, 0.2) is 11.6 Å². The van der Waals surface area contributed by atoms with E-state index in [4.69, 9.17) is 5.73 Å². The van der Waals surface area contributed by atoms with Gasteiger partial charge in [-0.05, 0) is 38.0 Å². The average Bonchev–Trinajstić information content (AvgIpc) is 3.14. The highest BCUT2D eigenvalue weighted by atomic mass is 32.2. The van der Waals surface area contributed by atoms with Crippen LogP contribution in [0.2, 0.25) is 0 Å². The number of nitrogens with two attached hydrogens (primary N) is 1. The van der Waals surface area contributed by atoms with Crippen molar-refractivity contribution in [2.45, 2.75) is 36.2 Å². The van der Waals surface area contributed by atoms with Gasteiger partial charge in [-0.2, -0.15) is 0 Å². The Morgan fingerprint density at radius 3 is 2.68 bits per heavy atom. The van der Waals surface area contributed by atoms with Gasteiger partial charge in [-0.3, -0.25) is 4.79 Å². The number of rotatable bonds is 6. The highest BCUT2D eigenvalue weighted by molar-refractivity contribution is 7.99. The molecule has 1 saturated carbocycles. The summed E-state index contributed by atoms with van der Waals surface area (Å²) in [5, 5.41) is 3.20. The van der Waals surface area contributed by atoms with Crippen molar-refractivity contribution in [3.8, 4) is 0 Å². The van der Waals surface area contributed by atoms with Crippen molar-refractivity contribution < 1.29 is 13.6 Å². The molecule has 1 aromatic carbocycles. The Morgan fingerprint density at radius 1 is 1.47 bits per heavy atom. The summed E-state index contributed by atoms with van der Waals surface area (Å²) in [5.41, 5.74) is 4.58. The van der Waals surface area contributed by atoms with E-state index in [9.17, 15) is 13.6 Å². The van der Waals surface area contributed by atoms with Crippen LogP contribution >= 0.6 is 11.8 Å². The van der Waals surface area contributed by atoms with E-state index in [1.807, 2.05) is 0 Å². The van der Waals surface area contributed by atoms with E-state index in [0.29, 0.717) is 16.7 Å². The van der Waals surface area contributed by atoms with Crippen molar-refractivity contribution in [1.82, 2.24) is 5.32 Å². The Labute approximate surface area is 114 Å². The van der Waals surface area contributed by atoms with Gasteiger partial charge in [0.2, 0.25) is 5.91 Å². The third-order valence-corrected chi connectivity index (χ3v) is 4.37. The van der Waals surface area contributed by atoms with Gasteiger partial charge >= 0.3 is 0 Å². The van der Waals surface area contributed by atoms with Crippen molar-refractivity contribution in [3.05, 3.63) is 29.8 Å². The summed E-state index contributed by atoms with van der Waals surface area (Å²) in [7, 11) is 0. The lowest BCUT2D eigenvalue weighted by molar-refractivity contribution is -0.123. The summed E-state index contributed by atoms with van der Waals surface area (Å²) >= 11 is 1.28. The van der Waals surface area contributed by atoms with Crippen LogP contribution in [0, 0.1) is 11.6 Å². The van der Waals surface area contributed by atoms with E-state index in [2.05, 4.69) is 5.32 Å². The van der Waals surface area contributed by atoms with Gasteiger partial charge in [-0.25, -0.2) is 8.78 Å². The van der Waals surface area contributed by atoms with E-state index in [0.717, 1.165) is 25.0 Å². The first-order valence-corrected chi connectivity index (χ1v) is 7.05. The molecule has 1 unspecified atom stereocenters. The number of primary amides is 1. The maximum Gasteiger partial charge on any atom is 0.238 e. The van der Waals surface area contributed by atoms with Gasteiger partial charge < -0.3 is 11.1 Å². The fourth-order valence-corrected chi connectivity index (χ4v) is 2.69. The van der Waals surface area contributed by atoms with E-state index in [-0.39, 0.29) is 0 Å². The minimum Gasteiger partial charge on any atom is -0.368 e. The Kier molecular flexibility index (Phi) is 4.10. The summed E-state index contributed by atoms with van der Waals surface area (Å²) in [6, 6.07) is 4.02. The SMILES string of the molecule is CC(CSc1ccc(F)c(F)c1)(NC1CC1)C(N)=O. The predicted molar refractivity (Wildman–Crippen MR) is 70.8 cm³/mol.